The molecule has 3 rings (SSSR count). The lowest BCUT2D eigenvalue weighted by Gasteiger charge is -2.10. The zero-order chi connectivity index (χ0) is 18.4. The highest BCUT2D eigenvalue weighted by molar-refractivity contribution is 6.04. The molecule has 3 aromatic rings. The molecule has 0 saturated carbocycles. The maximum absolute atomic E-state index is 12.5. The lowest BCUT2D eigenvalue weighted by Crippen LogP contribution is -2.12. The Morgan fingerprint density at radius 1 is 0.885 bits per heavy atom. The van der Waals surface area contributed by atoms with Gasteiger partial charge in [-0.3, -0.25) is 9.78 Å². The summed E-state index contributed by atoms with van der Waals surface area (Å²) in [4.78, 5) is 16.5. The summed E-state index contributed by atoms with van der Waals surface area (Å²) in [5.41, 5.74) is 3.56. The lowest BCUT2D eigenvalue weighted by atomic mass is 10.1. The molecule has 0 unspecified atom stereocenters. The minimum absolute atomic E-state index is 0.218. The van der Waals surface area contributed by atoms with Gasteiger partial charge in [0.2, 0.25) is 0 Å². The number of methoxy groups -OCH3 is 2. The molecule has 1 amide bonds. The minimum Gasteiger partial charge on any atom is -0.497 e. The quantitative estimate of drug-likeness (QED) is 0.733. The molecule has 0 radical (unpaired) electrons. The Morgan fingerprint density at radius 3 is 2.04 bits per heavy atom. The number of rotatable bonds is 6. The Kier molecular flexibility index (Phi) is 5.49. The summed E-state index contributed by atoms with van der Waals surface area (Å²) in [7, 11) is 3.11. The van der Waals surface area contributed by atoms with Crippen molar-refractivity contribution in [2.45, 2.75) is 6.42 Å². The number of hydrogen-bond donors (Lipinski definition) is 1. The first kappa shape index (κ1) is 17.5. The van der Waals surface area contributed by atoms with E-state index in [9.17, 15) is 4.79 Å². The van der Waals surface area contributed by atoms with Crippen molar-refractivity contribution in [1.29, 1.82) is 0 Å². The predicted molar refractivity (Wildman–Crippen MR) is 101 cm³/mol. The first-order chi connectivity index (χ1) is 12.7. The van der Waals surface area contributed by atoms with Crippen LogP contribution in [0.4, 0.5) is 5.69 Å². The van der Waals surface area contributed by atoms with E-state index in [0.717, 1.165) is 17.7 Å². The fourth-order valence-corrected chi connectivity index (χ4v) is 2.58. The molecule has 1 aromatic heterocycles. The average molecular weight is 348 g/mol. The van der Waals surface area contributed by atoms with Crippen molar-refractivity contribution >= 4 is 11.6 Å². The van der Waals surface area contributed by atoms with Crippen LogP contribution in [0.25, 0.3) is 0 Å². The molecule has 0 aliphatic rings. The van der Waals surface area contributed by atoms with E-state index in [1.807, 2.05) is 36.4 Å². The van der Waals surface area contributed by atoms with Crippen molar-refractivity contribution in [3.63, 3.8) is 0 Å². The second-order valence-electron chi connectivity index (χ2n) is 5.78. The Bertz CT molecular complexity index is 855. The molecule has 5 heteroatoms. The van der Waals surface area contributed by atoms with Crippen LogP contribution in [0.2, 0.25) is 0 Å². The first-order valence-electron chi connectivity index (χ1n) is 8.20. The second-order valence-corrected chi connectivity index (χ2v) is 5.78. The van der Waals surface area contributed by atoms with E-state index in [0.29, 0.717) is 17.1 Å². The van der Waals surface area contributed by atoms with Gasteiger partial charge in [0.1, 0.15) is 11.5 Å². The number of hydrogen-bond acceptors (Lipinski definition) is 4. The van der Waals surface area contributed by atoms with Crippen LogP contribution in [0.3, 0.4) is 0 Å². The van der Waals surface area contributed by atoms with E-state index in [2.05, 4.69) is 10.3 Å². The topological polar surface area (TPSA) is 60.5 Å². The van der Waals surface area contributed by atoms with Crippen LogP contribution in [-0.4, -0.2) is 25.1 Å². The molecule has 0 atom stereocenters. The average Bonchev–Trinajstić information content (AvgIpc) is 2.69. The number of carbonyl (C=O) groups excluding carboxylic acids is 1. The maximum atomic E-state index is 12.5. The van der Waals surface area contributed by atoms with Gasteiger partial charge in [-0.2, -0.15) is 0 Å². The van der Waals surface area contributed by atoms with Crippen LogP contribution in [0.5, 0.6) is 11.5 Å². The van der Waals surface area contributed by atoms with Crippen LogP contribution < -0.4 is 14.8 Å². The zero-order valence-corrected chi connectivity index (χ0v) is 14.7. The highest BCUT2D eigenvalue weighted by atomic mass is 16.5. The summed E-state index contributed by atoms with van der Waals surface area (Å²) >= 11 is 0. The molecular weight excluding hydrogens is 328 g/mol. The smallest absolute Gasteiger partial charge is 0.255 e. The first-order valence-corrected chi connectivity index (χ1v) is 8.20. The molecule has 2 aromatic carbocycles. The summed E-state index contributed by atoms with van der Waals surface area (Å²) < 4.78 is 10.4. The van der Waals surface area contributed by atoms with Crippen molar-refractivity contribution in [3.05, 3.63) is 83.7 Å². The number of carbonyl (C=O) groups is 1. The van der Waals surface area contributed by atoms with Gasteiger partial charge in [0.15, 0.2) is 0 Å². The number of pyridine rings is 1. The van der Waals surface area contributed by atoms with Crippen molar-refractivity contribution < 1.29 is 14.3 Å². The van der Waals surface area contributed by atoms with Gasteiger partial charge < -0.3 is 14.8 Å². The van der Waals surface area contributed by atoms with Gasteiger partial charge in [-0.25, -0.2) is 0 Å². The Morgan fingerprint density at radius 2 is 1.46 bits per heavy atom. The summed E-state index contributed by atoms with van der Waals surface area (Å²) in [5, 5.41) is 2.89. The van der Waals surface area contributed by atoms with Crippen LogP contribution in [0, 0.1) is 0 Å². The third-order valence-corrected chi connectivity index (χ3v) is 3.98. The largest absolute Gasteiger partial charge is 0.497 e. The predicted octanol–water partition coefficient (Wildman–Crippen LogP) is 3.94. The molecule has 0 fully saturated rings. The van der Waals surface area contributed by atoms with Gasteiger partial charge in [-0.1, -0.05) is 12.1 Å². The van der Waals surface area contributed by atoms with Gasteiger partial charge in [-0.05, 0) is 53.9 Å². The molecule has 0 bridgehead atoms. The number of nitrogens with zero attached hydrogens (tertiary/aromatic N) is 1. The van der Waals surface area contributed by atoms with Crippen LogP contribution in [-0.2, 0) is 6.42 Å². The van der Waals surface area contributed by atoms with Gasteiger partial charge in [0.05, 0.1) is 14.2 Å². The van der Waals surface area contributed by atoms with E-state index in [1.54, 1.807) is 44.8 Å². The van der Waals surface area contributed by atoms with E-state index in [1.165, 1.54) is 5.56 Å². The Hall–Kier alpha value is -3.34. The molecule has 5 nitrogen and oxygen atoms in total. The Balaban J connectivity index is 1.70. The van der Waals surface area contributed by atoms with E-state index < -0.39 is 0 Å². The number of nitrogens with one attached hydrogen (secondary N) is 1. The molecular formula is C21H20N2O3. The van der Waals surface area contributed by atoms with Crippen LogP contribution in [0.15, 0.2) is 67.0 Å². The van der Waals surface area contributed by atoms with Gasteiger partial charge in [0.25, 0.3) is 5.91 Å². The number of aromatic nitrogens is 1. The molecule has 0 aliphatic heterocycles. The fourth-order valence-electron chi connectivity index (χ4n) is 2.58. The SMILES string of the molecule is COc1cc(OC)cc(C(=O)Nc2ccc(Cc3ccncc3)cc2)c1. The molecule has 132 valence electrons. The van der Waals surface area contributed by atoms with Gasteiger partial charge in [-0.15, -0.1) is 0 Å². The third kappa shape index (κ3) is 4.39. The van der Waals surface area contributed by atoms with Crippen molar-refractivity contribution in [2.75, 3.05) is 19.5 Å². The normalized spacial score (nSPS) is 10.2. The van der Waals surface area contributed by atoms with E-state index in [-0.39, 0.29) is 5.91 Å². The van der Waals surface area contributed by atoms with Crippen LogP contribution in [0.1, 0.15) is 21.5 Å². The summed E-state index contributed by atoms with van der Waals surface area (Å²) in [6.45, 7) is 0. The second kappa shape index (κ2) is 8.16. The summed E-state index contributed by atoms with van der Waals surface area (Å²) in [6.07, 6.45) is 4.39. The van der Waals surface area contributed by atoms with E-state index in [4.69, 9.17) is 9.47 Å². The molecule has 1 heterocycles. The molecule has 1 N–H and O–H groups in total. The third-order valence-electron chi connectivity index (χ3n) is 3.98. The molecule has 0 saturated heterocycles. The van der Waals surface area contributed by atoms with Gasteiger partial charge in [0, 0.05) is 29.7 Å². The number of benzene rings is 2. The number of anilines is 1. The lowest BCUT2D eigenvalue weighted by molar-refractivity contribution is 0.102. The monoisotopic (exact) mass is 348 g/mol. The van der Waals surface area contributed by atoms with Crippen LogP contribution >= 0.6 is 0 Å². The molecule has 0 spiro atoms. The summed E-state index contributed by atoms with van der Waals surface area (Å²) in [6, 6.07) is 16.9. The van der Waals surface area contributed by atoms with Crippen molar-refractivity contribution in [1.82, 2.24) is 4.98 Å². The van der Waals surface area contributed by atoms with Gasteiger partial charge >= 0.3 is 0 Å². The summed E-state index contributed by atoms with van der Waals surface area (Å²) in [5.74, 6) is 0.925. The number of amides is 1. The maximum Gasteiger partial charge on any atom is 0.255 e. The minimum atomic E-state index is -0.218. The van der Waals surface area contributed by atoms with E-state index >= 15 is 0 Å². The highest BCUT2D eigenvalue weighted by Gasteiger charge is 2.10. The number of ether oxygens (including phenoxy) is 2. The molecule has 0 aliphatic carbocycles. The highest BCUT2D eigenvalue weighted by Crippen LogP contribution is 2.23. The zero-order valence-electron chi connectivity index (χ0n) is 14.7. The van der Waals surface area contributed by atoms with Crippen molar-refractivity contribution in [2.24, 2.45) is 0 Å². The van der Waals surface area contributed by atoms with Crippen molar-refractivity contribution in [3.8, 4) is 11.5 Å². The standard InChI is InChI=1S/C21H20N2O3/c1-25-19-12-17(13-20(14-19)26-2)21(24)23-18-5-3-15(4-6-18)11-16-7-9-22-10-8-16/h3-10,12-14H,11H2,1-2H3,(H,23,24). The Labute approximate surface area is 152 Å². The fraction of sp³-hybridized carbons (Fsp3) is 0.143. The molecule has 26 heavy (non-hydrogen) atoms.